The molecule has 1 aliphatic carbocycles. The van der Waals surface area contributed by atoms with Crippen LogP contribution in [0.2, 0.25) is 0 Å². The summed E-state index contributed by atoms with van der Waals surface area (Å²) in [7, 11) is 0. The molecule has 0 bridgehead atoms. The molecule has 0 radical (unpaired) electrons. The molecule has 1 heterocycles. The van der Waals surface area contributed by atoms with Crippen molar-refractivity contribution in [2.24, 2.45) is 11.7 Å². The highest BCUT2D eigenvalue weighted by Crippen LogP contribution is 2.35. The predicted octanol–water partition coefficient (Wildman–Crippen LogP) is 2.71. The molecule has 0 aromatic carbocycles. The van der Waals surface area contributed by atoms with Crippen LogP contribution in [0.5, 0.6) is 0 Å². The molecule has 3 heteroatoms. The monoisotopic (exact) mass is 233 g/mol. The van der Waals surface area contributed by atoms with Crippen molar-refractivity contribution in [1.82, 2.24) is 4.98 Å². The fourth-order valence-corrected chi connectivity index (χ4v) is 2.86. The summed E-state index contributed by atoms with van der Waals surface area (Å²) in [5.41, 5.74) is 8.31. The zero-order chi connectivity index (χ0) is 12.3. The first kappa shape index (κ1) is 12.4. The maximum atomic E-state index is 6.04. The van der Waals surface area contributed by atoms with Crippen molar-refractivity contribution < 1.29 is 0 Å². The molecular weight excluding hydrogens is 210 g/mol. The van der Waals surface area contributed by atoms with E-state index in [-0.39, 0.29) is 5.54 Å². The second-order valence-corrected chi connectivity index (χ2v) is 5.32. The van der Waals surface area contributed by atoms with Crippen molar-refractivity contribution in [3.05, 3.63) is 24.0 Å². The molecule has 1 aliphatic rings. The summed E-state index contributed by atoms with van der Waals surface area (Å²) < 4.78 is 0. The molecule has 2 rings (SSSR count). The smallest absolute Gasteiger partial charge is 0.0521 e. The Morgan fingerprint density at radius 2 is 2.35 bits per heavy atom. The van der Waals surface area contributed by atoms with Crippen molar-refractivity contribution in [2.75, 3.05) is 11.9 Å². The van der Waals surface area contributed by atoms with E-state index in [1.807, 2.05) is 19.2 Å². The third-order valence-electron chi connectivity index (χ3n) is 4.11. The normalized spacial score (nSPS) is 29.0. The van der Waals surface area contributed by atoms with Crippen LogP contribution >= 0.6 is 0 Å². The Kier molecular flexibility index (Phi) is 3.67. The maximum absolute atomic E-state index is 6.04. The molecule has 1 aromatic heterocycles. The van der Waals surface area contributed by atoms with Crippen molar-refractivity contribution >= 4 is 5.69 Å². The first-order valence-corrected chi connectivity index (χ1v) is 6.57. The second kappa shape index (κ2) is 5.05. The van der Waals surface area contributed by atoms with Gasteiger partial charge in [-0.05, 0) is 37.8 Å². The van der Waals surface area contributed by atoms with Gasteiger partial charge in [-0.25, -0.2) is 0 Å². The molecule has 1 aromatic rings. The summed E-state index contributed by atoms with van der Waals surface area (Å²) in [4.78, 5) is 4.23. The molecule has 1 saturated carbocycles. The minimum Gasteiger partial charge on any atom is -0.378 e. The molecule has 0 amide bonds. The minimum atomic E-state index is 0.0754. The van der Waals surface area contributed by atoms with Crippen LogP contribution in [0.3, 0.4) is 0 Å². The summed E-state index contributed by atoms with van der Waals surface area (Å²) in [5, 5.41) is 3.67. The zero-order valence-electron chi connectivity index (χ0n) is 10.9. The van der Waals surface area contributed by atoms with Gasteiger partial charge >= 0.3 is 0 Å². The van der Waals surface area contributed by atoms with Crippen LogP contribution in [0.25, 0.3) is 0 Å². The third-order valence-corrected chi connectivity index (χ3v) is 4.11. The number of rotatable bonds is 3. The standard InChI is InChI=1S/C14H23N3/c1-11-5-3-4-7-14(11,10-15)17-13-6-8-16-12(2)9-13/h6,8-9,11H,3-5,7,10,15H2,1-2H3,(H,16,17). The van der Waals surface area contributed by atoms with E-state index in [0.717, 1.165) is 11.4 Å². The van der Waals surface area contributed by atoms with Gasteiger partial charge in [0.1, 0.15) is 0 Å². The summed E-state index contributed by atoms with van der Waals surface area (Å²) in [6.07, 6.45) is 6.91. The topological polar surface area (TPSA) is 50.9 Å². The Bertz CT molecular complexity index is 377. The van der Waals surface area contributed by atoms with E-state index < -0.39 is 0 Å². The largest absolute Gasteiger partial charge is 0.378 e. The van der Waals surface area contributed by atoms with Crippen LogP contribution in [0.15, 0.2) is 18.3 Å². The van der Waals surface area contributed by atoms with E-state index in [9.17, 15) is 0 Å². The summed E-state index contributed by atoms with van der Waals surface area (Å²) >= 11 is 0. The number of hydrogen-bond acceptors (Lipinski definition) is 3. The molecule has 1 fully saturated rings. The molecule has 3 nitrogen and oxygen atoms in total. The fourth-order valence-electron chi connectivity index (χ4n) is 2.86. The van der Waals surface area contributed by atoms with E-state index >= 15 is 0 Å². The highest BCUT2D eigenvalue weighted by Gasteiger charge is 2.36. The highest BCUT2D eigenvalue weighted by atomic mass is 15.0. The van der Waals surface area contributed by atoms with Crippen LogP contribution < -0.4 is 11.1 Å². The predicted molar refractivity (Wildman–Crippen MR) is 72.0 cm³/mol. The van der Waals surface area contributed by atoms with E-state index in [1.165, 1.54) is 25.7 Å². The molecule has 94 valence electrons. The van der Waals surface area contributed by atoms with Gasteiger partial charge in [0.2, 0.25) is 0 Å². The van der Waals surface area contributed by atoms with Crippen LogP contribution in [-0.4, -0.2) is 17.1 Å². The van der Waals surface area contributed by atoms with E-state index in [4.69, 9.17) is 5.73 Å². The average molecular weight is 233 g/mol. The van der Waals surface area contributed by atoms with Gasteiger partial charge in [0, 0.05) is 24.1 Å². The quantitative estimate of drug-likeness (QED) is 0.844. The van der Waals surface area contributed by atoms with Gasteiger partial charge < -0.3 is 11.1 Å². The molecule has 0 saturated heterocycles. The number of nitrogens with zero attached hydrogens (tertiary/aromatic N) is 1. The second-order valence-electron chi connectivity index (χ2n) is 5.32. The fraction of sp³-hybridized carbons (Fsp3) is 0.643. The number of nitrogens with two attached hydrogens (primary N) is 1. The van der Waals surface area contributed by atoms with E-state index in [1.54, 1.807) is 0 Å². The van der Waals surface area contributed by atoms with Crippen molar-refractivity contribution in [2.45, 2.75) is 45.1 Å². The number of aromatic nitrogens is 1. The number of nitrogens with one attached hydrogen (secondary N) is 1. The Hall–Kier alpha value is -1.09. The van der Waals surface area contributed by atoms with Gasteiger partial charge in [0.25, 0.3) is 0 Å². The number of hydrogen-bond donors (Lipinski definition) is 2. The Morgan fingerprint density at radius 1 is 1.53 bits per heavy atom. The van der Waals surface area contributed by atoms with Crippen molar-refractivity contribution in [1.29, 1.82) is 0 Å². The lowest BCUT2D eigenvalue weighted by Crippen LogP contribution is -2.52. The lowest BCUT2D eigenvalue weighted by Gasteiger charge is -2.43. The van der Waals surface area contributed by atoms with Crippen LogP contribution in [0, 0.1) is 12.8 Å². The van der Waals surface area contributed by atoms with Gasteiger partial charge in [0.05, 0.1) is 5.54 Å². The summed E-state index contributed by atoms with van der Waals surface area (Å²) in [6.45, 7) is 5.03. The van der Waals surface area contributed by atoms with Gasteiger partial charge in [-0.1, -0.05) is 19.8 Å². The molecule has 0 aliphatic heterocycles. The molecule has 0 spiro atoms. The van der Waals surface area contributed by atoms with Crippen LogP contribution in [0.1, 0.15) is 38.3 Å². The van der Waals surface area contributed by atoms with Crippen molar-refractivity contribution in [3.63, 3.8) is 0 Å². The minimum absolute atomic E-state index is 0.0754. The molecule has 2 unspecified atom stereocenters. The molecule has 2 atom stereocenters. The average Bonchev–Trinajstić information content (AvgIpc) is 2.32. The van der Waals surface area contributed by atoms with Gasteiger partial charge in [0.15, 0.2) is 0 Å². The third kappa shape index (κ3) is 2.60. The SMILES string of the molecule is Cc1cc(NC2(CN)CCCCC2C)ccn1. The zero-order valence-corrected chi connectivity index (χ0v) is 10.9. The van der Waals surface area contributed by atoms with Gasteiger partial charge in [-0.2, -0.15) is 0 Å². The lowest BCUT2D eigenvalue weighted by molar-refractivity contribution is 0.235. The van der Waals surface area contributed by atoms with Gasteiger partial charge in [-0.3, -0.25) is 4.98 Å². The number of aryl methyl sites for hydroxylation is 1. The highest BCUT2D eigenvalue weighted by molar-refractivity contribution is 5.46. The number of anilines is 1. The Balaban J connectivity index is 2.18. The summed E-state index contributed by atoms with van der Waals surface area (Å²) in [5.74, 6) is 0.634. The van der Waals surface area contributed by atoms with Crippen molar-refractivity contribution in [3.8, 4) is 0 Å². The molecule has 3 N–H and O–H groups in total. The first-order chi connectivity index (χ1) is 8.16. The lowest BCUT2D eigenvalue weighted by atomic mass is 9.73. The molecular formula is C14H23N3. The maximum Gasteiger partial charge on any atom is 0.0521 e. The van der Waals surface area contributed by atoms with E-state index in [0.29, 0.717) is 12.5 Å². The first-order valence-electron chi connectivity index (χ1n) is 6.57. The Labute approximate surface area is 104 Å². The number of pyridine rings is 1. The van der Waals surface area contributed by atoms with Gasteiger partial charge in [-0.15, -0.1) is 0 Å². The molecule has 17 heavy (non-hydrogen) atoms. The Morgan fingerprint density at radius 3 is 3.00 bits per heavy atom. The summed E-state index contributed by atoms with van der Waals surface area (Å²) in [6, 6.07) is 4.13. The van der Waals surface area contributed by atoms with Crippen LogP contribution in [0.4, 0.5) is 5.69 Å². The van der Waals surface area contributed by atoms with E-state index in [2.05, 4.69) is 23.3 Å². The van der Waals surface area contributed by atoms with Crippen LogP contribution in [-0.2, 0) is 0 Å².